The summed E-state index contributed by atoms with van der Waals surface area (Å²) in [5, 5.41) is 31.4. The number of carboxylic acid groups (broad SMARTS) is 1. The zero-order valence-electron chi connectivity index (χ0n) is 11.1. The summed E-state index contributed by atoms with van der Waals surface area (Å²) in [6, 6.07) is 2.89. The van der Waals surface area contributed by atoms with Crippen molar-refractivity contribution in [3.63, 3.8) is 0 Å². The Morgan fingerprint density at radius 1 is 1.70 bits per heavy atom. The summed E-state index contributed by atoms with van der Waals surface area (Å²) >= 11 is 0. The Kier molecular flexibility index (Phi) is 4.59. The van der Waals surface area contributed by atoms with Crippen LogP contribution >= 0.6 is 0 Å². The second-order valence-corrected chi connectivity index (χ2v) is 4.53. The van der Waals surface area contributed by atoms with E-state index in [9.17, 15) is 14.9 Å². The van der Waals surface area contributed by atoms with E-state index < -0.39 is 16.3 Å². The first-order valence-corrected chi connectivity index (χ1v) is 5.86. The van der Waals surface area contributed by atoms with Crippen molar-refractivity contribution in [3.8, 4) is 6.07 Å². The first-order valence-electron chi connectivity index (χ1n) is 5.86. The third-order valence-corrected chi connectivity index (χ3v) is 3.15. The van der Waals surface area contributed by atoms with Gasteiger partial charge < -0.3 is 10.4 Å². The normalized spacial score (nSPS) is 13.1. The van der Waals surface area contributed by atoms with Crippen LogP contribution in [0, 0.1) is 26.9 Å². The number of carboxylic acids is 1. The maximum atomic E-state index is 11.2. The number of hydrogen-bond acceptors (Lipinski definition) is 6. The highest BCUT2D eigenvalue weighted by atomic mass is 16.6. The van der Waals surface area contributed by atoms with Gasteiger partial charge in [0.15, 0.2) is 0 Å². The largest absolute Gasteiger partial charge is 0.481 e. The molecule has 0 spiro atoms. The molecule has 0 aliphatic rings. The second-order valence-electron chi connectivity index (χ2n) is 4.53. The molecule has 0 aromatic carbocycles. The van der Waals surface area contributed by atoms with E-state index in [1.54, 1.807) is 19.9 Å². The number of pyridine rings is 1. The van der Waals surface area contributed by atoms with Crippen LogP contribution in [0.25, 0.3) is 0 Å². The topological polar surface area (TPSA) is 129 Å². The minimum atomic E-state index is -1.00. The molecule has 1 aromatic heterocycles. The summed E-state index contributed by atoms with van der Waals surface area (Å²) < 4.78 is 0. The molecule has 1 heterocycles. The molecule has 0 saturated carbocycles. The molecule has 1 aromatic rings. The summed E-state index contributed by atoms with van der Waals surface area (Å²) in [5.74, 6) is -0.827. The first-order chi connectivity index (χ1) is 9.34. The van der Waals surface area contributed by atoms with Gasteiger partial charge in [-0.2, -0.15) is 5.26 Å². The van der Waals surface area contributed by atoms with Crippen molar-refractivity contribution in [1.82, 2.24) is 4.98 Å². The summed E-state index contributed by atoms with van der Waals surface area (Å²) in [4.78, 5) is 24.9. The number of nitriles is 1. The van der Waals surface area contributed by atoms with E-state index in [4.69, 9.17) is 10.4 Å². The Morgan fingerprint density at radius 3 is 2.80 bits per heavy atom. The molecule has 0 bridgehead atoms. The minimum Gasteiger partial charge on any atom is -0.481 e. The lowest BCUT2D eigenvalue weighted by atomic mass is 9.88. The number of nitrogens with one attached hydrogen (secondary N) is 1. The van der Waals surface area contributed by atoms with Gasteiger partial charge in [-0.1, -0.05) is 6.92 Å². The number of hydrogen-bond donors (Lipinski definition) is 2. The quantitative estimate of drug-likeness (QED) is 0.599. The molecule has 1 rings (SSSR count). The molecular weight excluding hydrogens is 264 g/mol. The van der Waals surface area contributed by atoms with Gasteiger partial charge >= 0.3 is 5.97 Å². The lowest BCUT2D eigenvalue weighted by Crippen LogP contribution is -2.34. The zero-order valence-corrected chi connectivity index (χ0v) is 11.1. The van der Waals surface area contributed by atoms with Crippen molar-refractivity contribution in [3.05, 3.63) is 27.9 Å². The van der Waals surface area contributed by atoms with Crippen molar-refractivity contribution < 1.29 is 14.8 Å². The lowest BCUT2D eigenvalue weighted by Gasteiger charge is -2.23. The van der Waals surface area contributed by atoms with Crippen LogP contribution in [0.2, 0.25) is 0 Å². The summed E-state index contributed by atoms with van der Waals surface area (Å²) in [5.41, 5.74) is -1.29. The highest BCUT2D eigenvalue weighted by Crippen LogP contribution is 2.24. The number of aromatic nitrogens is 1. The van der Waals surface area contributed by atoms with Gasteiger partial charge in [-0.3, -0.25) is 14.9 Å². The molecule has 2 N–H and O–H groups in total. The van der Waals surface area contributed by atoms with E-state index in [1.165, 1.54) is 0 Å². The third-order valence-electron chi connectivity index (χ3n) is 3.15. The Hall–Kier alpha value is -2.69. The number of anilines is 1. The van der Waals surface area contributed by atoms with Crippen molar-refractivity contribution >= 4 is 17.5 Å². The van der Waals surface area contributed by atoms with Crippen LogP contribution in [-0.2, 0) is 4.79 Å². The third kappa shape index (κ3) is 3.20. The molecule has 0 amide bonds. The number of nitro groups is 1. The van der Waals surface area contributed by atoms with Crippen molar-refractivity contribution in [1.29, 1.82) is 5.26 Å². The molecular formula is C12H14N4O4. The summed E-state index contributed by atoms with van der Waals surface area (Å²) in [6.45, 7) is 3.38. The molecule has 0 saturated heterocycles. The second kappa shape index (κ2) is 5.97. The van der Waals surface area contributed by atoms with Gasteiger partial charge in [0.2, 0.25) is 0 Å². The molecule has 0 radical (unpaired) electrons. The van der Waals surface area contributed by atoms with Crippen LogP contribution in [0.1, 0.15) is 25.8 Å². The fourth-order valence-electron chi connectivity index (χ4n) is 1.41. The molecule has 1 unspecified atom stereocenters. The molecule has 106 valence electrons. The van der Waals surface area contributed by atoms with Crippen molar-refractivity contribution in [2.75, 3.05) is 11.9 Å². The average Bonchev–Trinajstić information content (AvgIpc) is 2.44. The Bertz CT molecular complexity index is 581. The summed E-state index contributed by atoms with van der Waals surface area (Å²) in [7, 11) is 0. The van der Waals surface area contributed by atoms with Crippen LogP contribution in [-0.4, -0.2) is 27.5 Å². The van der Waals surface area contributed by atoms with E-state index in [2.05, 4.69) is 10.3 Å². The van der Waals surface area contributed by atoms with Crippen LogP contribution in [0.5, 0.6) is 0 Å². The Labute approximate surface area is 115 Å². The van der Waals surface area contributed by atoms with Crippen LogP contribution in [0.15, 0.2) is 12.3 Å². The highest BCUT2D eigenvalue weighted by molar-refractivity contribution is 5.75. The Balaban J connectivity index is 2.97. The van der Waals surface area contributed by atoms with E-state index in [-0.39, 0.29) is 23.6 Å². The van der Waals surface area contributed by atoms with Gasteiger partial charge in [-0.05, 0) is 13.3 Å². The van der Waals surface area contributed by atoms with Gasteiger partial charge in [-0.15, -0.1) is 0 Å². The molecule has 0 aliphatic heterocycles. The summed E-state index contributed by atoms with van der Waals surface area (Å²) in [6.07, 6.45) is 1.41. The smallest absolute Gasteiger partial charge is 0.311 e. The zero-order chi connectivity index (χ0) is 15.3. The molecule has 1 atom stereocenters. The van der Waals surface area contributed by atoms with Gasteiger partial charge in [0, 0.05) is 12.6 Å². The SMILES string of the molecule is CCC(C)(CNc1ncc([N+](=O)[O-])cc1C#N)C(=O)O. The lowest BCUT2D eigenvalue weighted by molar-refractivity contribution is -0.385. The predicted molar refractivity (Wildman–Crippen MR) is 70.1 cm³/mol. The molecule has 8 nitrogen and oxygen atoms in total. The van der Waals surface area contributed by atoms with E-state index in [0.717, 1.165) is 12.3 Å². The van der Waals surface area contributed by atoms with E-state index >= 15 is 0 Å². The fraction of sp³-hybridized carbons (Fsp3) is 0.417. The molecule has 0 fully saturated rings. The van der Waals surface area contributed by atoms with Gasteiger partial charge in [0.1, 0.15) is 23.6 Å². The van der Waals surface area contributed by atoms with Crippen molar-refractivity contribution in [2.45, 2.75) is 20.3 Å². The number of rotatable bonds is 6. The molecule has 0 aliphatic carbocycles. The number of carbonyl (C=O) groups is 1. The van der Waals surface area contributed by atoms with Gasteiger partial charge in [0.25, 0.3) is 5.69 Å². The maximum Gasteiger partial charge on any atom is 0.311 e. The number of nitrogens with zero attached hydrogens (tertiary/aromatic N) is 3. The Morgan fingerprint density at radius 2 is 2.35 bits per heavy atom. The fourth-order valence-corrected chi connectivity index (χ4v) is 1.41. The number of aliphatic carboxylic acids is 1. The minimum absolute atomic E-state index is 0.00282. The molecule has 8 heteroatoms. The van der Waals surface area contributed by atoms with Crippen LogP contribution < -0.4 is 5.32 Å². The first kappa shape index (κ1) is 15.4. The molecule has 20 heavy (non-hydrogen) atoms. The van der Waals surface area contributed by atoms with Gasteiger partial charge in [-0.25, -0.2) is 4.98 Å². The van der Waals surface area contributed by atoms with Gasteiger partial charge in [0.05, 0.1) is 10.3 Å². The van der Waals surface area contributed by atoms with E-state index in [1.807, 2.05) is 0 Å². The van der Waals surface area contributed by atoms with Crippen LogP contribution in [0.3, 0.4) is 0 Å². The monoisotopic (exact) mass is 278 g/mol. The predicted octanol–water partition coefficient (Wildman–Crippen LogP) is 1.77. The standard InChI is InChI=1S/C12H14N4O4/c1-3-12(2,11(17)18)7-15-10-8(5-13)4-9(6-14-10)16(19)20/h4,6H,3,7H2,1-2H3,(H,14,15)(H,17,18). The van der Waals surface area contributed by atoms with Crippen LogP contribution in [0.4, 0.5) is 11.5 Å². The van der Waals surface area contributed by atoms with Crippen molar-refractivity contribution in [2.24, 2.45) is 5.41 Å². The van der Waals surface area contributed by atoms with E-state index in [0.29, 0.717) is 6.42 Å². The average molecular weight is 278 g/mol. The maximum absolute atomic E-state index is 11.2. The highest BCUT2D eigenvalue weighted by Gasteiger charge is 2.31.